The van der Waals surface area contributed by atoms with Crippen molar-refractivity contribution in [1.29, 1.82) is 5.26 Å². The molecule has 0 bridgehead atoms. The molecule has 1 aromatic rings. The summed E-state index contributed by atoms with van der Waals surface area (Å²) in [6.45, 7) is 1.31. The first-order chi connectivity index (χ1) is 8.65. The lowest BCUT2D eigenvalue weighted by Crippen LogP contribution is -2.08. The second-order valence-electron chi connectivity index (χ2n) is 3.48. The highest BCUT2D eigenvalue weighted by Crippen LogP contribution is 2.03. The van der Waals surface area contributed by atoms with Crippen LogP contribution in [0.3, 0.4) is 0 Å². The maximum Gasteiger partial charge on any atom is 0.352 e. The Bertz CT molecular complexity index is 506. The molecule has 0 aromatic heterocycles. The topological polar surface area (TPSA) is 70.3 Å². The summed E-state index contributed by atoms with van der Waals surface area (Å²) in [5.74, 6) is -1.16. The van der Waals surface area contributed by atoms with Crippen LogP contribution in [0.25, 0.3) is 6.08 Å². The Morgan fingerprint density at radius 3 is 2.67 bits per heavy atom. The molecule has 0 aliphatic rings. The molecule has 0 atom stereocenters. The third-order valence-corrected chi connectivity index (χ3v) is 2.10. The van der Waals surface area contributed by atoms with E-state index >= 15 is 0 Å². The van der Waals surface area contributed by atoms with Crippen LogP contribution in [-0.4, -0.2) is 17.7 Å². The minimum Gasteiger partial charge on any atom is -0.511 e. The lowest BCUT2D eigenvalue weighted by atomic mass is 10.2. The second-order valence-corrected chi connectivity index (χ2v) is 3.48. The number of aliphatic hydroxyl groups is 1. The molecule has 1 rings (SSSR count). The van der Waals surface area contributed by atoms with E-state index in [1.54, 1.807) is 18.2 Å². The predicted octanol–water partition coefficient (Wildman–Crippen LogP) is 2.60. The highest BCUT2D eigenvalue weighted by atomic mass is 16.5. The molecule has 0 unspecified atom stereocenters. The van der Waals surface area contributed by atoms with E-state index < -0.39 is 5.97 Å². The summed E-state index contributed by atoms with van der Waals surface area (Å²) in [6.07, 6.45) is 3.46. The van der Waals surface area contributed by atoms with Crippen molar-refractivity contribution in [2.24, 2.45) is 0 Å². The summed E-state index contributed by atoms with van der Waals surface area (Å²) in [6, 6.07) is 11.1. The van der Waals surface area contributed by atoms with Gasteiger partial charge in [-0.15, -0.1) is 0 Å². The minimum absolute atomic E-state index is 0.0478. The summed E-state index contributed by atoms with van der Waals surface area (Å²) >= 11 is 0. The number of carbonyl (C=O) groups is 1. The molecule has 18 heavy (non-hydrogen) atoms. The van der Waals surface area contributed by atoms with E-state index in [0.29, 0.717) is 0 Å². The van der Waals surface area contributed by atoms with Gasteiger partial charge >= 0.3 is 5.97 Å². The maximum atomic E-state index is 11.3. The Kier molecular flexibility index (Phi) is 5.20. The number of hydrogen-bond acceptors (Lipinski definition) is 4. The van der Waals surface area contributed by atoms with Crippen LogP contribution in [0.5, 0.6) is 0 Å². The van der Waals surface area contributed by atoms with Gasteiger partial charge in [0.15, 0.2) is 5.57 Å². The van der Waals surface area contributed by atoms with Crippen molar-refractivity contribution in [1.82, 2.24) is 0 Å². The van der Waals surface area contributed by atoms with Crippen LogP contribution >= 0.6 is 0 Å². The molecule has 4 heteroatoms. The molecule has 92 valence electrons. The minimum atomic E-state index is -0.824. The van der Waals surface area contributed by atoms with Gasteiger partial charge in [-0.2, -0.15) is 5.26 Å². The number of esters is 1. The van der Waals surface area contributed by atoms with Crippen molar-refractivity contribution < 1.29 is 14.6 Å². The van der Waals surface area contributed by atoms with Gasteiger partial charge in [-0.1, -0.05) is 36.4 Å². The molecule has 0 saturated carbocycles. The highest BCUT2D eigenvalue weighted by molar-refractivity contribution is 5.93. The lowest BCUT2D eigenvalue weighted by Gasteiger charge is -2.00. The van der Waals surface area contributed by atoms with Gasteiger partial charge in [0.2, 0.25) is 0 Å². The average Bonchev–Trinajstić information content (AvgIpc) is 2.36. The molecule has 0 saturated heterocycles. The summed E-state index contributed by atoms with van der Waals surface area (Å²) in [7, 11) is 0. The summed E-state index contributed by atoms with van der Waals surface area (Å²) in [5, 5.41) is 17.7. The molecule has 0 fully saturated rings. The average molecular weight is 243 g/mol. The third kappa shape index (κ3) is 4.14. The van der Waals surface area contributed by atoms with E-state index in [9.17, 15) is 4.79 Å². The molecule has 0 amide bonds. The van der Waals surface area contributed by atoms with Crippen LogP contribution in [0.1, 0.15) is 12.5 Å². The van der Waals surface area contributed by atoms with E-state index in [2.05, 4.69) is 0 Å². The number of nitriles is 1. The highest BCUT2D eigenvalue weighted by Gasteiger charge is 2.12. The van der Waals surface area contributed by atoms with Crippen LogP contribution in [0.4, 0.5) is 0 Å². The van der Waals surface area contributed by atoms with Crippen LogP contribution < -0.4 is 0 Å². The second kappa shape index (κ2) is 6.92. The quantitative estimate of drug-likeness (QED) is 0.382. The Hall–Kier alpha value is -2.54. The first-order valence-electron chi connectivity index (χ1n) is 5.34. The molecule has 1 N–H and O–H groups in total. The Labute approximate surface area is 105 Å². The molecular formula is C14H13NO3. The molecule has 4 nitrogen and oxygen atoms in total. The van der Waals surface area contributed by atoms with Gasteiger partial charge in [0.05, 0.1) is 0 Å². The maximum absolute atomic E-state index is 11.3. The smallest absolute Gasteiger partial charge is 0.352 e. The predicted molar refractivity (Wildman–Crippen MR) is 67.4 cm³/mol. The number of rotatable bonds is 4. The van der Waals surface area contributed by atoms with E-state index in [-0.39, 0.29) is 17.9 Å². The van der Waals surface area contributed by atoms with Crippen molar-refractivity contribution in [3.8, 4) is 6.07 Å². The van der Waals surface area contributed by atoms with Crippen LogP contribution in [0.15, 0.2) is 47.7 Å². The van der Waals surface area contributed by atoms with E-state index in [0.717, 1.165) is 5.56 Å². The SMILES string of the molecule is C/C(O)=C(\C#N)C(=O)OC/C=C/c1ccccc1. The summed E-state index contributed by atoms with van der Waals surface area (Å²) in [5.41, 5.74) is 0.617. The van der Waals surface area contributed by atoms with Gasteiger partial charge in [-0.3, -0.25) is 0 Å². The largest absolute Gasteiger partial charge is 0.511 e. The van der Waals surface area contributed by atoms with E-state index in [1.807, 2.05) is 30.3 Å². The molecule has 1 aromatic carbocycles. The van der Waals surface area contributed by atoms with Crippen LogP contribution in [0.2, 0.25) is 0 Å². The summed E-state index contributed by atoms with van der Waals surface area (Å²) < 4.78 is 4.81. The Balaban J connectivity index is 2.49. The zero-order valence-corrected chi connectivity index (χ0v) is 9.96. The number of aliphatic hydroxyl groups excluding tert-OH is 1. The van der Waals surface area contributed by atoms with Gasteiger partial charge in [0, 0.05) is 0 Å². The fourth-order valence-corrected chi connectivity index (χ4v) is 1.22. The fraction of sp³-hybridized carbons (Fsp3) is 0.143. The van der Waals surface area contributed by atoms with Crippen molar-refractivity contribution in [2.75, 3.05) is 6.61 Å². The molecule has 0 aliphatic carbocycles. The standard InChI is InChI=1S/C14H13NO3/c1-11(16)13(10-15)14(17)18-9-5-8-12-6-3-2-4-7-12/h2-8,16H,9H2,1H3/b8-5+,13-11-. The van der Waals surface area contributed by atoms with Crippen molar-refractivity contribution in [3.05, 3.63) is 53.3 Å². The van der Waals surface area contributed by atoms with E-state index in [1.165, 1.54) is 6.92 Å². The van der Waals surface area contributed by atoms with Gasteiger partial charge in [0.25, 0.3) is 0 Å². The first-order valence-corrected chi connectivity index (χ1v) is 5.34. The normalized spacial score (nSPS) is 11.8. The number of ether oxygens (including phenoxy) is 1. The summed E-state index contributed by atoms with van der Waals surface area (Å²) in [4.78, 5) is 11.3. The van der Waals surface area contributed by atoms with Gasteiger partial charge in [0.1, 0.15) is 18.4 Å². The van der Waals surface area contributed by atoms with Gasteiger partial charge in [-0.05, 0) is 18.6 Å². The van der Waals surface area contributed by atoms with Gasteiger partial charge in [-0.25, -0.2) is 4.79 Å². The third-order valence-electron chi connectivity index (χ3n) is 2.10. The van der Waals surface area contributed by atoms with Crippen molar-refractivity contribution >= 4 is 12.0 Å². The number of hydrogen-bond donors (Lipinski definition) is 1. The lowest BCUT2D eigenvalue weighted by molar-refractivity contribution is -0.137. The molecule has 0 radical (unpaired) electrons. The molecular weight excluding hydrogens is 230 g/mol. The van der Waals surface area contributed by atoms with Crippen LogP contribution in [0, 0.1) is 11.3 Å². The fourth-order valence-electron chi connectivity index (χ4n) is 1.22. The van der Waals surface area contributed by atoms with Crippen molar-refractivity contribution in [3.63, 3.8) is 0 Å². The van der Waals surface area contributed by atoms with Gasteiger partial charge < -0.3 is 9.84 Å². The van der Waals surface area contributed by atoms with Crippen LogP contribution in [-0.2, 0) is 9.53 Å². The first kappa shape index (κ1) is 13.5. The zero-order valence-electron chi connectivity index (χ0n) is 9.96. The molecule has 0 heterocycles. The number of carbonyl (C=O) groups excluding carboxylic acids is 1. The molecule has 0 spiro atoms. The number of nitrogens with zero attached hydrogens (tertiary/aromatic N) is 1. The Morgan fingerprint density at radius 2 is 2.11 bits per heavy atom. The monoisotopic (exact) mass is 243 g/mol. The number of benzene rings is 1. The zero-order chi connectivity index (χ0) is 13.4. The molecule has 0 aliphatic heterocycles. The Morgan fingerprint density at radius 1 is 1.44 bits per heavy atom. The van der Waals surface area contributed by atoms with E-state index in [4.69, 9.17) is 15.1 Å². The van der Waals surface area contributed by atoms with Crippen molar-refractivity contribution in [2.45, 2.75) is 6.92 Å². The number of allylic oxidation sites excluding steroid dienone is 1.